The molecule has 0 aliphatic heterocycles. The molecule has 1 N–H and O–H groups in total. The number of hydrogen-bond acceptors (Lipinski definition) is 3. The molecule has 0 radical (unpaired) electrons. The van der Waals surface area contributed by atoms with Gasteiger partial charge in [-0.1, -0.05) is 49.7 Å². The molecular formula is C31H28N2O3. The number of carbonyl (C=O) groups is 1. The summed E-state index contributed by atoms with van der Waals surface area (Å²) in [5.74, 6) is 0.764. The summed E-state index contributed by atoms with van der Waals surface area (Å²) >= 11 is 0. The van der Waals surface area contributed by atoms with Crippen LogP contribution in [0.15, 0.2) is 91.0 Å². The monoisotopic (exact) mass is 476 g/mol. The molecule has 0 saturated carbocycles. The molecule has 0 spiro atoms. The number of carboxylic acid groups (broad SMARTS) is 1. The molecule has 0 atom stereocenters. The Morgan fingerprint density at radius 1 is 0.917 bits per heavy atom. The largest absolute Gasteiger partial charge is 0.494 e. The third-order valence-corrected chi connectivity index (χ3v) is 6.36. The van der Waals surface area contributed by atoms with Crippen LogP contribution in [-0.4, -0.2) is 27.2 Å². The van der Waals surface area contributed by atoms with E-state index in [9.17, 15) is 9.90 Å². The summed E-state index contributed by atoms with van der Waals surface area (Å²) in [6, 6.07) is 29.4. The van der Waals surface area contributed by atoms with E-state index in [0.717, 1.165) is 57.8 Å². The van der Waals surface area contributed by atoms with E-state index in [2.05, 4.69) is 23.6 Å². The lowest BCUT2D eigenvalue weighted by Gasteiger charge is -2.14. The highest BCUT2D eigenvalue weighted by Gasteiger charge is 2.17. The summed E-state index contributed by atoms with van der Waals surface area (Å²) in [4.78, 5) is 16.7. The van der Waals surface area contributed by atoms with Crippen molar-refractivity contribution in [3.63, 3.8) is 0 Å². The summed E-state index contributed by atoms with van der Waals surface area (Å²) in [5, 5.41) is 9.66. The van der Waals surface area contributed by atoms with E-state index < -0.39 is 5.97 Å². The van der Waals surface area contributed by atoms with Gasteiger partial charge < -0.3 is 9.84 Å². The Bertz CT molecular complexity index is 1530. The fourth-order valence-corrected chi connectivity index (χ4v) is 4.51. The maximum Gasteiger partial charge on any atom is 0.336 e. The van der Waals surface area contributed by atoms with Gasteiger partial charge in [-0.2, -0.15) is 0 Å². The number of aryl methyl sites for hydroxylation is 1. The van der Waals surface area contributed by atoms with E-state index in [4.69, 9.17) is 9.72 Å². The van der Waals surface area contributed by atoms with Crippen molar-refractivity contribution in [3.05, 3.63) is 102 Å². The Labute approximate surface area is 210 Å². The molecule has 0 aliphatic carbocycles. The van der Waals surface area contributed by atoms with Gasteiger partial charge >= 0.3 is 5.97 Å². The number of benzene rings is 4. The van der Waals surface area contributed by atoms with E-state index in [0.29, 0.717) is 17.7 Å². The fraction of sp³-hybridized carbons (Fsp3) is 0.161. The lowest BCUT2D eigenvalue weighted by molar-refractivity contribution is 0.0697. The van der Waals surface area contributed by atoms with Crippen molar-refractivity contribution in [3.8, 4) is 34.0 Å². The lowest BCUT2D eigenvalue weighted by Crippen LogP contribution is -2.02. The summed E-state index contributed by atoms with van der Waals surface area (Å²) in [6.45, 7) is 4.87. The van der Waals surface area contributed by atoms with Crippen molar-refractivity contribution in [2.75, 3.05) is 6.61 Å². The van der Waals surface area contributed by atoms with Crippen molar-refractivity contribution < 1.29 is 14.6 Å². The molecule has 5 aromatic rings. The van der Waals surface area contributed by atoms with E-state index in [-0.39, 0.29) is 0 Å². The Balaban J connectivity index is 1.59. The number of imidazole rings is 1. The van der Waals surface area contributed by atoms with Gasteiger partial charge in [-0.3, -0.25) is 4.57 Å². The number of aromatic nitrogens is 2. The van der Waals surface area contributed by atoms with Crippen molar-refractivity contribution in [2.24, 2.45) is 0 Å². The summed E-state index contributed by atoms with van der Waals surface area (Å²) in [5.41, 5.74) is 6.78. The Kier molecular flexibility index (Phi) is 6.54. The molecule has 0 bridgehead atoms. The number of ether oxygens (including phenoxy) is 1. The molecule has 5 nitrogen and oxygen atoms in total. The number of rotatable bonds is 8. The quantitative estimate of drug-likeness (QED) is 0.235. The minimum Gasteiger partial charge on any atom is -0.494 e. The van der Waals surface area contributed by atoms with Crippen LogP contribution in [0.5, 0.6) is 5.75 Å². The van der Waals surface area contributed by atoms with Crippen LogP contribution in [0.25, 0.3) is 39.2 Å². The molecule has 1 heterocycles. The number of fused-ring (bicyclic) bond motifs is 1. The third kappa shape index (κ3) is 4.48. The van der Waals surface area contributed by atoms with Crippen LogP contribution < -0.4 is 4.74 Å². The van der Waals surface area contributed by atoms with Crippen molar-refractivity contribution in [1.29, 1.82) is 0 Å². The number of nitrogens with zero attached hydrogens (tertiary/aromatic N) is 2. The Hall–Kier alpha value is -4.38. The van der Waals surface area contributed by atoms with Gasteiger partial charge in [-0.05, 0) is 84.6 Å². The Morgan fingerprint density at radius 3 is 2.42 bits per heavy atom. The first kappa shape index (κ1) is 23.4. The van der Waals surface area contributed by atoms with Gasteiger partial charge in [0.1, 0.15) is 11.6 Å². The molecule has 0 amide bonds. The van der Waals surface area contributed by atoms with E-state index in [1.54, 1.807) is 12.1 Å². The zero-order chi connectivity index (χ0) is 25.1. The smallest absolute Gasteiger partial charge is 0.336 e. The van der Waals surface area contributed by atoms with Crippen molar-refractivity contribution in [1.82, 2.24) is 9.55 Å². The first-order valence-corrected chi connectivity index (χ1v) is 12.2. The predicted octanol–water partition coefficient (Wildman–Crippen LogP) is 7.55. The standard InChI is InChI=1S/C31H28N2O3/c1-3-4-19-36-24-16-13-22(14-17-24)30-32-28-11-7-8-12-29(28)33(30)23-15-18-25(21(2)20-23)26-9-5-6-10-27(26)31(34)35/h5-18,20H,3-4,19H2,1-2H3,(H,34,35). The van der Waals surface area contributed by atoms with Crippen LogP contribution in [0.3, 0.4) is 0 Å². The van der Waals surface area contributed by atoms with Crippen LogP contribution in [0, 0.1) is 6.92 Å². The predicted molar refractivity (Wildman–Crippen MR) is 144 cm³/mol. The SMILES string of the molecule is CCCCOc1ccc(-c2nc3ccccc3n2-c2ccc(-c3ccccc3C(=O)O)c(C)c2)cc1. The zero-order valence-corrected chi connectivity index (χ0v) is 20.4. The van der Waals surface area contributed by atoms with Crippen molar-refractivity contribution >= 4 is 17.0 Å². The molecule has 1 aromatic heterocycles. The van der Waals surface area contributed by atoms with Crippen LogP contribution in [0.2, 0.25) is 0 Å². The van der Waals surface area contributed by atoms with Crippen LogP contribution in [-0.2, 0) is 0 Å². The molecule has 5 rings (SSSR count). The zero-order valence-electron chi connectivity index (χ0n) is 20.4. The van der Waals surface area contributed by atoms with E-state index >= 15 is 0 Å². The van der Waals surface area contributed by atoms with Crippen molar-refractivity contribution in [2.45, 2.75) is 26.7 Å². The lowest BCUT2D eigenvalue weighted by atomic mass is 9.95. The Morgan fingerprint density at radius 2 is 1.67 bits per heavy atom. The number of aromatic carboxylic acids is 1. The summed E-state index contributed by atoms with van der Waals surface area (Å²) < 4.78 is 7.99. The molecule has 5 heteroatoms. The second-order valence-electron chi connectivity index (χ2n) is 8.84. The van der Waals surface area contributed by atoms with Gasteiger partial charge in [-0.25, -0.2) is 9.78 Å². The van der Waals surface area contributed by atoms with E-state index in [1.807, 2.05) is 73.7 Å². The molecule has 180 valence electrons. The minimum atomic E-state index is -0.931. The van der Waals surface area contributed by atoms with E-state index in [1.165, 1.54) is 0 Å². The fourth-order valence-electron chi connectivity index (χ4n) is 4.51. The maximum atomic E-state index is 11.8. The molecule has 4 aromatic carbocycles. The number of carboxylic acids is 1. The first-order chi connectivity index (χ1) is 17.6. The molecular weight excluding hydrogens is 448 g/mol. The second kappa shape index (κ2) is 10.1. The summed E-state index contributed by atoms with van der Waals surface area (Å²) in [6.07, 6.45) is 2.13. The minimum absolute atomic E-state index is 0.295. The van der Waals surface area contributed by atoms with Gasteiger partial charge in [0.2, 0.25) is 0 Å². The van der Waals surface area contributed by atoms with Crippen LogP contribution in [0.4, 0.5) is 0 Å². The van der Waals surface area contributed by atoms with Crippen LogP contribution >= 0.6 is 0 Å². The first-order valence-electron chi connectivity index (χ1n) is 12.2. The molecule has 0 unspecified atom stereocenters. The number of unbranched alkanes of at least 4 members (excludes halogenated alkanes) is 1. The van der Waals surface area contributed by atoms with Gasteiger partial charge in [0.05, 0.1) is 23.2 Å². The highest BCUT2D eigenvalue weighted by Crippen LogP contribution is 2.33. The topological polar surface area (TPSA) is 64.4 Å². The molecule has 0 aliphatic rings. The third-order valence-electron chi connectivity index (χ3n) is 6.36. The average molecular weight is 477 g/mol. The number of para-hydroxylation sites is 2. The van der Waals surface area contributed by atoms with Crippen LogP contribution in [0.1, 0.15) is 35.7 Å². The highest BCUT2D eigenvalue weighted by molar-refractivity contribution is 5.96. The van der Waals surface area contributed by atoms with Gasteiger partial charge in [0, 0.05) is 11.3 Å². The van der Waals surface area contributed by atoms with Gasteiger partial charge in [-0.15, -0.1) is 0 Å². The maximum absolute atomic E-state index is 11.8. The average Bonchev–Trinajstić information content (AvgIpc) is 3.29. The molecule has 0 fully saturated rings. The van der Waals surface area contributed by atoms with Gasteiger partial charge in [0.15, 0.2) is 0 Å². The molecule has 36 heavy (non-hydrogen) atoms. The normalized spacial score (nSPS) is 11.1. The summed E-state index contributed by atoms with van der Waals surface area (Å²) in [7, 11) is 0. The molecule has 0 saturated heterocycles. The highest BCUT2D eigenvalue weighted by atomic mass is 16.5. The van der Waals surface area contributed by atoms with Gasteiger partial charge in [0.25, 0.3) is 0 Å². The second-order valence-corrected chi connectivity index (χ2v) is 8.84. The number of hydrogen-bond donors (Lipinski definition) is 1.